The lowest BCUT2D eigenvalue weighted by Crippen LogP contribution is -2.10. The quantitative estimate of drug-likeness (QED) is 0.769. The van der Waals surface area contributed by atoms with Gasteiger partial charge in [-0.25, -0.2) is 0 Å². The van der Waals surface area contributed by atoms with Gasteiger partial charge in [0.15, 0.2) is 0 Å². The van der Waals surface area contributed by atoms with Crippen molar-refractivity contribution in [1.82, 2.24) is 0 Å². The molecule has 16 heavy (non-hydrogen) atoms. The first-order chi connectivity index (χ1) is 7.88. The van der Waals surface area contributed by atoms with Crippen molar-refractivity contribution in [2.24, 2.45) is 0 Å². The largest absolute Gasteiger partial charge is 0.490 e. The highest BCUT2D eigenvalue weighted by Gasteiger charge is 2.15. The molecule has 2 rings (SSSR count). The van der Waals surface area contributed by atoms with Gasteiger partial charge in [-0.15, -0.1) is 0 Å². The van der Waals surface area contributed by atoms with E-state index < -0.39 is 0 Å². The van der Waals surface area contributed by atoms with E-state index in [2.05, 4.69) is 11.8 Å². The van der Waals surface area contributed by atoms with Crippen molar-refractivity contribution in [2.45, 2.75) is 31.8 Å². The maximum absolute atomic E-state index is 8.57. The van der Waals surface area contributed by atoms with E-state index in [1.807, 2.05) is 24.3 Å². The molecule has 1 aromatic rings. The highest BCUT2D eigenvalue weighted by atomic mass is 16.5. The maximum Gasteiger partial charge on any atom is 0.119 e. The summed E-state index contributed by atoms with van der Waals surface area (Å²) in [6, 6.07) is 7.74. The van der Waals surface area contributed by atoms with Crippen LogP contribution in [0.5, 0.6) is 5.75 Å². The zero-order valence-electron chi connectivity index (χ0n) is 9.28. The van der Waals surface area contributed by atoms with E-state index in [0.717, 1.165) is 11.3 Å². The molecular formula is C14H16O2. The lowest BCUT2D eigenvalue weighted by Gasteiger charge is -2.12. The van der Waals surface area contributed by atoms with Crippen molar-refractivity contribution in [3.8, 4) is 17.6 Å². The predicted octanol–water partition coefficient (Wildman–Crippen LogP) is 2.35. The number of benzene rings is 1. The van der Waals surface area contributed by atoms with Crippen LogP contribution in [0, 0.1) is 11.8 Å². The van der Waals surface area contributed by atoms with Crippen molar-refractivity contribution in [3.63, 3.8) is 0 Å². The molecule has 1 aliphatic carbocycles. The van der Waals surface area contributed by atoms with Crippen LogP contribution in [0.25, 0.3) is 0 Å². The van der Waals surface area contributed by atoms with E-state index in [-0.39, 0.29) is 6.61 Å². The summed E-state index contributed by atoms with van der Waals surface area (Å²) < 4.78 is 5.84. The van der Waals surface area contributed by atoms with Crippen molar-refractivity contribution in [2.75, 3.05) is 6.61 Å². The second kappa shape index (κ2) is 5.58. The summed E-state index contributed by atoms with van der Waals surface area (Å²) in [5.74, 6) is 6.40. The molecule has 0 spiro atoms. The molecule has 2 nitrogen and oxygen atoms in total. The summed E-state index contributed by atoms with van der Waals surface area (Å²) in [7, 11) is 0. The van der Waals surface area contributed by atoms with Crippen molar-refractivity contribution in [3.05, 3.63) is 29.8 Å². The zero-order chi connectivity index (χ0) is 11.2. The minimum atomic E-state index is -0.0969. The Hall–Kier alpha value is -1.46. The monoisotopic (exact) mass is 216 g/mol. The molecule has 1 fully saturated rings. The molecule has 0 atom stereocenters. The molecule has 0 aromatic heterocycles. The Kier molecular flexibility index (Phi) is 3.85. The van der Waals surface area contributed by atoms with Crippen molar-refractivity contribution in [1.29, 1.82) is 0 Å². The molecule has 0 unspecified atom stereocenters. The van der Waals surface area contributed by atoms with Gasteiger partial charge in [-0.2, -0.15) is 0 Å². The number of aliphatic hydroxyl groups is 1. The van der Waals surface area contributed by atoms with Crippen LogP contribution in [0.1, 0.15) is 31.2 Å². The Labute approximate surface area is 96.3 Å². The summed E-state index contributed by atoms with van der Waals surface area (Å²) in [5, 5.41) is 8.57. The third-order valence-corrected chi connectivity index (χ3v) is 2.77. The van der Waals surface area contributed by atoms with E-state index in [1.54, 1.807) is 0 Å². The molecular weight excluding hydrogens is 200 g/mol. The lowest BCUT2D eigenvalue weighted by molar-refractivity contribution is 0.210. The Morgan fingerprint density at radius 2 is 1.88 bits per heavy atom. The van der Waals surface area contributed by atoms with Crippen molar-refractivity contribution < 1.29 is 9.84 Å². The van der Waals surface area contributed by atoms with Crippen LogP contribution in [0.4, 0.5) is 0 Å². The number of aliphatic hydroxyl groups excluding tert-OH is 1. The predicted molar refractivity (Wildman–Crippen MR) is 63.3 cm³/mol. The van der Waals surface area contributed by atoms with Gasteiger partial charge in [0, 0.05) is 5.56 Å². The van der Waals surface area contributed by atoms with Crippen LogP contribution in [-0.2, 0) is 0 Å². The Balaban J connectivity index is 1.95. The Morgan fingerprint density at radius 3 is 2.50 bits per heavy atom. The molecule has 0 heterocycles. The zero-order valence-corrected chi connectivity index (χ0v) is 9.28. The van der Waals surface area contributed by atoms with E-state index in [9.17, 15) is 0 Å². The fraction of sp³-hybridized carbons (Fsp3) is 0.429. The third-order valence-electron chi connectivity index (χ3n) is 2.77. The van der Waals surface area contributed by atoms with Gasteiger partial charge in [-0.05, 0) is 49.9 Å². The first kappa shape index (κ1) is 11.0. The van der Waals surface area contributed by atoms with E-state index in [4.69, 9.17) is 9.84 Å². The third kappa shape index (κ3) is 3.01. The minimum absolute atomic E-state index is 0.0969. The van der Waals surface area contributed by atoms with Gasteiger partial charge >= 0.3 is 0 Å². The van der Waals surface area contributed by atoms with Gasteiger partial charge in [-0.1, -0.05) is 11.8 Å². The van der Waals surface area contributed by atoms with Gasteiger partial charge in [0.1, 0.15) is 12.4 Å². The maximum atomic E-state index is 8.57. The van der Waals surface area contributed by atoms with Gasteiger partial charge in [-0.3, -0.25) is 0 Å². The van der Waals surface area contributed by atoms with E-state index in [1.165, 1.54) is 25.7 Å². The van der Waals surface area contributed by atoms with Gasteiger partial charge in [0.05, 0.1) is 6.10 Å². The van der Waals surface area contributed by atoms with Crippen LogP contribution in [0.3, 0.4) is 0 Å². The molecule has 0 aliphatic heterocycles. The van der Waals surface area contributed by atoms with Crippen LogP contribution < -0.4 is 4.74 Å². The molecule has 0 bridgehead atoms. The van der Waals surface area contributed by atoms with Crippen molar-refractivity contribution >= 4 is 0 Å². The molecule has 1 aromatic carbocycles. The Morgan fingerprint density at radius 1 is 1.19 bits per heavy atom. The minimum Gasteiger partial charge on any atom is -0.490 e. The molecule has 1 N–H and O–H groups in total. The fourth-order valence-electron chi connectivity index (χ4n) is 1.96. The van der Waals surface area contributed by atoms with Gasteiger partial charge in [0.25, 0.3) is 0 Å². The molecule has 0 amide bonds. The summed E-state index contributed by atoms with van der Waals surface area (Å²) in [5.41, 5.74) is 0.910. The molecule has 1 saturated carbocycles. The number of rotatable bonds is 2. The highest BCUT2D eigenvalue weighted by molar-refractivity contribution is 5.38. The van der Waals surface area contributed by atoms with Gasteiger partial charge in [0.2, 0.25) is 0 Å². The topological polar surface area (TPSA) is 29.5 Å². The number of hydrogen-bond donors (Lipinski definition) is 1. The SMILES string of the molecule is OCC#Cc1ccc(OC2CCCC2)cc1. The van der Waals surface area contributed by atoms with Crippen LogP contribution in [0.15, 0.2) is 24.3 Å². The molecule has 0 saturated heterocycles. The first-order valence-electron chi connectivity index (χ1n) is 5.75. The fourth-order valence-corrected chi connectivity index (χ4v) is 1.96. The lowest BCUT2D eigenvalue weighted by atomic mass is 10.2. The van der Waals surface area contributed by atoms with Crippen LogP contribution >= 0.6 is 0 Å². The second-order valence-electron chi connectivity index (χ2n) is 4.01. The smallest absolute Gasteiger partial charge is 0.119 e. The standard InChI is InChI=1S/C14H16O2/c15-11-3-4-12-7-9-14(10-8-12)16-13-5-1-2-6-13/h7-10,13,15H,1-2,5-6,11H2. The Bertz CT molecular complexity index is 377. The summed E-state index contributed by atoms with van der Waals surface area (Å²) >= 11 is 0. The molecule has 1 aliphatic rings. The van der Waals surface area contributed by atoms with Crippen LogP contribution in [0.2, 0.25) is 0 Å². The number of ether oxygens (including phenoxy) is 1. The summed E-state index contributed by atoms with van der Waals surface area (Å²) in [6.45, 7) is -0.0969. The summed E-state index contributed by atoms with van der Waals surface area (Å²) in [4.78, 5) is 0. The average Bonchev–Trinajstić information content (AvgIpc) is 2.81. The first-order valence-corrected chi connectivity index (χ1v) is 5.75. The molecule has 84 valence electrons. The van der Waals surface area contributed by atoms with Crippen LogP contribution in [-0.4, -0.2) is 17.8 Å². The normalized spacial score (nSPS) is 15.6. The number of hydrogen-bond acceptors (Lipinski definition) is 2. The van der Waals surface area contributed by atoms with E-state index >= 15 is 0 Å². The highest BCUT2D eigenvalue weighted by Crippen LogP contribution is 2.24. The van der Waals surface area contributed by atoms with E-state index in [0.29, 0.717) is 6.10 Å². The average molecular weight is 216 g/mol. The molecule has 0 radical (unpaired) electrons. The second-order valence-corrected chi connectivity index (χ2v) is 4.01. The molecule has 2 heteroatoms. The summed E-state index contributed by atoms with van der Waals surface area (Å²) in [6.07, 6.45) is 5.31. The van der Waals surface area contributed by atoms with Gasteiger partial charge < -0.3 is 9.84 Å².